The van der Waals surface area contributed by atoms with Gasteiger partial charge in [-0.25, -0.2) is 0 Å². The molecule has 0 aliphatic carbocycles. The largest absolute Gasteiger partial charge is 0.389 e. The van der Waals surface area contributed by atoms with E-state index in [1.54, 1.807) is 0 Å². The SMILES string of the molecule is CCNC(c1ccc(C)cc1)C(C)OCCCC(F)(F)F. The molecule has 120 valence electrons. The van der Waals surface area contributed by atoms with Crippen LogP contribution in [-0.4, -0.2) is 25.4 Å². The van der Waals surface area contributed by atoms with Crippen LogP contribution < -0.4 is 5.32 Å². The lowest BCUT2D eigenvalue weighted by Crippen LogP contribution is -2.32. The van der Waals surface area contributed by atoms with Gasteiger partial charge < -0.3 is 10.1 Å². The van der Waals surface area contributed by atoms with Gasteiger partial charge in [-0.2, -0.15) is 13.2 Å². The molecule has 2 atom stereocenters. The third-order valence-corrected chi connectivity index (χ3v) is 3.32. The van der Waals surface area contributed by atoms with E-state index in [0.29, 0.717) is 0 Å². The van der Waals surface area contributed by atoms with Gasteiger partial charge in [-0.15, -0.1) is 0 Å². The van der Waals surface area contributed by atoms with Crippen LogP contribution in [0.15, 0.2) is 24.3 Å². The summed E-state index contributed by atoms with van der Waals surface area (Å²) < 4.78 is 41.9. The first-order valence-electron chi connectivity index (χ1n) is 7.31. The van der Waals surface area contributed by atoms with Crippen LogP contribution in [0, 0.1) is 6.92 Å². The molecule has 5 heteroatoms. The van der Waals surface area contributed by atoms with E-state index in [-0.39, 0.29) is 25.2 Å². The first kappa shape index (κ1) is 18.0. The lowest BCUT2D eigenvalue weighted by molar-refractivity contribution is -0.139. The van der Waals surface area contributed by atoms with Crippen LogP contribution in [0.25, 0.3) is 0 Å². The highest BCUT2D eigenvalue weighted by atomic mass is 19.4. The number of halogens is 3. The van der Waals surface area contributed by atoms with Gasteiger partial charge >= 0.3 is 6.18 Å². The molecule has 0 spiro atoms. The van der Waals surface area contributed by atoms with Gasteiger partial charge in [-0.3, -0.25) is 0 Å². The van der Waals surface area contributed by atoms with Crippen molar-refractivity contribution in [2.24, 2.45) is 0 Å². The Labute approximate surface area is 124 Å². The van der Waals surface area contributed by atoms with E-state index < -0.39 is 12.6 Å². The zero-order valence-electron chi connectivity index (χ0n) is 12.8. The lowest BCUT2D eigenvalue weighted by atomic mass is 10.0. The maximum absolute atomic E-state index is 12.1. The molecule has 1 aromatic rings. The molecule has 0 saturated heterocycles. The molecule has 0 amide bonds. The average Bonchev–Trinajstić information content (AvgIpc) is 2.41. The Morgan fingerprint density at radius 3 is 2.33 bits per heavy atom. The molecule has 0 heterocycles. The predicted octanol–water partition coefficient (Wildman–Crippen LogP) is 4.39. The molecule has 21 heavy (non-hydrogen) atoms. The normalized spacial score (nSPS) is 15.0. The van der Waals surface area contributed by atoms with Crippen molar-refractivity contribution < 1.29 is 17.9 Å². The van der Waals surface area contributed by atoms with E-state index in [1.807, 2.05) is 45.0 Å². The Morgan fingerprint density at radius 2 is 1.81 bits per heavy atom. The second-order valence-corrected chi connectivity index (χ2v) is 5.24. The van der Waals surface area contributed by atoms with Gasteiger partial charge in [0.25, 0.3) is 0 Å². The first-order valence-corrected chi connectivity index (χ1v) is 7.31. The number of alkyl halides is 3. The summed E-state index contributed by atoms with van der Waals surface area (Å²) in [5.41, 5.74) is 2.26. The molecule has 0 radical (unpaired) electrons. The Bertz CT molecular complexity index is 403. The predicted molar refractivity (Wildman–Crippen MR) is 78.3 cm³/mol. The fourth-order valence-electron chi connectivity index (χ4n) is 2.19. The van der Waals surface area contributed by atoms with Crippen LogP contribution >= 0.6 is 0 Å². The summed E-state index contributed by atoms with van der Waals surface area (Å²) in [7, 11) is 0. The highest BCUT2D eigenvalue weighted by Crippen LogP contribution is 2.23. The Morgan fingerprint density at radius 1 is 1.19 bits per heavy atom. The molecule has 0 fully saturated rings. The summed E-state index contributed by atoms with van der Waals surface area (Å²) in [6.07, 6.45) is -5.08. The van der Waals surface area contributed by atoms with Gasteiger partial charge in [-0.05, 0) is 32.4 Å². The number of rotatable bonds is 8. The van der Waals surface area contributed by atoms with Gasteiger partial charge in [0.2, 0.25) is 0 Å². The minimum atomic E-state index is -4.11. The highest BCUT2D eigenvalue weighted by molar-refractivity contribution is 5.24. The van der Waals surface area contributed by atoms with E-state index in [4.69, 9.17) is 4.74 Å². The zero-order chi connectivity index (χ0) is 15.9. The van der Waals surface area contributed by atoms with Gasteiger partial charge in [-0.1, -0.05) is 36.8 Å². The van der Waals surface area contributed by atoms with Gasteiger partial charge in [0, 0.05) is 13.0 Å². The molecular formula is C16H24F3NO. The second-order valence-electron chi connectivity index (χ2n) is 5.24. The van der Waals surface area contributed by atoms with Gasteiger partial charge in [0.15, 0.2) is 0 Å². The van der Waals surface area contributed by atoms with E-state index >= 15 is 0 Å². The number of nitrogens with one attached hydrogen (secondary N) is 1. The van der Waals surface area contributed by atoms with Crippen LogP contribution in [0.1, 0.15) is 43.9 Å². The molecule has 0 bridgehead atoms. The minimum absolute atomic E-state index is 0.000578. The molecule has 0 aliphatic rings. The smallest absolute Gasteiger partial charge is 0.377 e. The monoisotopic (exact) mass is 303 g/mol. The van der Waals surface area contributed by atoms with Gasteiger partial charge in [0.05, 0.1) is 12.1 Å². The van der Waals surface area contributed by atoms with Crippen LogP contribution in [-0.2, 0) is 4.74 Å². The topological polar surface area (TPSA) is 21.3 Å². The van der Waals surface area contributed by atoms with Crippen molar-refractivity contribution >= 4 is 0 Å². The number of aryl methyl sites for hydroxylation is 1. The van der Waals surface area contributed by atoms with Crippen molar-refractivity contribution in [3.05, 3.63) is 35.4 Å². The van der Waals surface area contributed by atoms with Crippen molar-refractivity contribution in [1.82, 2.24) is 5.32 Å². The number of likely N-dealkylation sites (N-methyl/N-ethyl adjacent to an activating group) is 1. The molecule has 2 nitrogen and oxygen atoms in total. The Hall–Kier alpha value is -1.07. The van der Waals surface area contributed by atoms with Crippen molar-refractivity contribution in [1.29, 1.82) is 0 Å². The fraction of sp³-hybridized carbons (Fsp3) is 0.625. The van der Waals surface area contributed by atoms with E-state index in [0.717, 1.165) is 12.1 Å². The quantitative estimate of drug-likeness (QED) is 0.719. The molecule has 0 aromatic heterocycles. The minimum Gasteiger partial charge on any atom is -0.377 e. The van der Waals surface area contributed by atoms with E-state index in [1.165, 1.54) is 5.56 Å². The molecule has 1 N–H and O–H groups in total. The summed E-state index contributed by atoms with van der Waals surface area (Å²) in [6, 6.07) is 8.09. The molecular weight excluding hydrogens is 279 g/mol. The van der Waals surface area contributed by atoms with Crippen LogP contribution in [0.4, 0.5) is 13.2 Å². The van der Waals surface area contributed by atoms with Crippen molar-refractivity contribution in [2.75, 3.05) is 13.2 Å². The lowest BCUT2D eigenvalue weighted by Gasteiger charge is -2.26. The number of hydrogen-bond donors (Lipinski definition) is 1. The van der Waals surface area contributed by atoms with Gasteiger partial charge in [0.1, 0.15) is 0 Å². The third-order valence-electron chi connectivity index (χ3n) is 3.32. The number of benzene rings is 1. The van der Waals surface area contributed by atoms with Crippen molar-refractivity contribution in [3.8, 4) is 0 Å². The van der Waals surface area contributed by atoms with E-state index in [9.17, 15) is 13.2 Å². The van der Waals surface area contributed by atoms with Crippen molar-refractivity contribution in [3.63, 3.8) is 0 Å². The second kappa shape index (κ2) is 8.39. The fourth-order valence-corrected chi connectivity index (χ4v) is 2.19. The number of ether oxygens (including phenoxy) is 1. The Balaban J connectivity index is 2.53. The van der Waals surface area contributed by atoms with E-state index in [2.05, 4.69) is 5.32 Å². The van der Waals surface area contributed by atoms with Crippen LogP contribution in [0.5, 0.6) is 0 Å². The van der Waals surface area contributed by atoms with Crippen molar-refractivity contribution in [2.45, 2.75) is 51.9 Å². The summed E-state index contributed by atoms with van der Waals surface area (Å²) in [5, 5.41) is 3.33. The molecule has 1 rings (SSSR count). The highest BCUT2D eigenvalue weighted by Gasteiger charge is 2.26. The van der Waals surface area contributed by atoms with Crippen LogP contribution in [0.2, 0.25) is 0 Å². The first-order chi connectivity index (χ1) is 9.83. The zero-order valence-corrected chi connectivity index (χ0v) is 12.8. The summed E-state index contributed by atoms with van der Waals surface area (Å²) in [4.78, 5) is 0. The third kappa shape index (κ3) is 6.96. The summed E-state index contributed by atoms with van der Waals surface area (Å²) >= 11 is 0. The molecule has 0 aliphatic heterocycles. The molecule has 2 unspecified atom stereocenters. The maximum atomic E-state index is 12.1. The van der Waals surface area contributed by atoms with Crippen LogP contribution in [0.3, 0.4) is 0 Å². The molecule has 1 aromatic carbocycles. The average molecular weight is 303 g/mol. The maximum Gasteiger partial charge on any atom is 0.389 e. The summed E-state index contributed by atoms with van der Waals surface area (Å²) in [5.74, 6) is 0. The number of hydrogen-bond acceptors (Lipinski definition) is 2. The summed E-state index contributed by atoms with van der Waals surface area (Å²) in [6.45, 7) is 6.80. The standard InChI is InChI=1S/C16H24F3NO/c1-4-20-15(14-8-6-12(2)7-9-14)13(3)21-11-5-10-16(17,18)19/h6-9,13,15,20H,4-5,10-11H2,1-3H3. The molecule has 0 saturated carbocycles. The Kier molecular flexibility index (Phi) is 7.18.